The molecule has 0 aliphatic rings. The lowest BCUT2D eigenvalue weighted by Crippen LogP contribution is -2.04. The van der Waals surface area contributed by atoms with Gasteiger partial charge < -0.3 is 4.42 Å². The highest BCUT2D eigenvalue weighted by Gasteiger charge is 2.07. The predicted octanol–water partition coefficient (Wildman–Crippen LogP) is 3.49. The number of carbonyl (C=O) groups is 1. The maximum Gasteiger partial charge on any atom is 0.150 e. The lowest BCUT2D eigenvalue weighted by Gasteiger charge is -2.03. The van der Waals surface area contributed by atoms with Gasteiger partial charge in [0.1, 0.15) is 5.76 Å². The van der Waals surface area contributed by atoms with Crippen LogP contribution in [0, 0.1) is 6.92 Å². The Kier molecular flexibility index (Phi) is 4.04. The van der Waals surface area contributed by atoms with Crippen LogP contribution in [0.2, 0.25) is 0 Å². The van der Waals surface area contributed by atoms with Crippen LogP contribution in [0.1, 0.15) is 11.3 Å². The van der Waals surface area contributed by atoms with Crippen molar-refractivity contribution in [2.24, 2.45) is 0 Å². The van der Waals surface area contributed by atoms with Crippen LogP contribution in [0.25, 0.3) is 0 Å². The number of hydrogen-bond acceptors (Lipinski definition) is 3. The molecule has 0 saturated carbocycles. The minimum Gasteiger partial charge on any atom is -0.469 e. The summed E-state index contributed by atoms with van der Waals surface area (Å²) >= 11 is 1.59. The van der Waals surface area contributed by atoms with Crippen molar-refractivity contribution >= 4 is 17.5 Å². The van der Waals surface area contributed by atoms with E-state index < -0.39 is 0 Å². The summed E-state index contributed by atoms with van der Waals surface area (Å²) in [6, 6.07) is 11.7. The first-order chi connectivity index (χ1) is 8.25. The molecule has 0 aliphatic carbocycles. The Bertz CT molecular complexity index is 489. The second kappa shape index (κ2) is 5.73. The Morgan fingerprint density at radius 2 is 2.06 bits per heavy atom. The highest BCUT2D eigenvalue weighted by atomic mass is 32.2. The maximum absolute atomic E-state index is 11.7. The lowest BCUT2D eigenvalue weighted by molar-refractivity contribution is -0.116. The summed E-state index contributed by atoms with van der Waals surface area (Å²) in [5, 5.41) is 0. The zero-order valence-corrected chi connectivity index (χ0v) is 10.5. The number of benzene rings is 1. The molecule has 1 aromatic heterocycles. The van der Waals surface area contributed by atoms with Crippen molar-refractivity contribution in [3.05, 3.63) is 54.0 Å². The van der Waals surface area contributed by atoms with E-state index in [4.69, 9.17) is 4.42 Å². The van der Waals surface area contributed by atoms with E-state index in [0.29, 0.717) is 12.2 Å². The van der Waals surface area contributed by atoms with Crippen LogP contribution in [0.4, 0.5) is 0 Å². The average Bonchev–Trinajstić information content (AvgIpc) is 2.81. The fourth-order valence-corrected chi connectivity index (χ4v) is 2.42. The molecular weight excluding hydrogens is 232 g/mol. The van der Waals surface area contributed by atoms with Gasteiger partial charge in [0.2, 0.25) is 0 Å². The normalized spacial score (nSPS) is 10.4. The fraction of sp³-hybridized carbons (Fsp3) is 0.214. The van der Waals surface area contributed by atoms with Crippen molar-refractivity contribution in [2.75, 3.05) is 5.75 Å². The third-order valence-electron chi connectivity index (χ3n) is 2.43. The molecular formula is C14H14O2S. The number of thioether (sulfide) groups is 1. The summed E-state index contributed by atoms with van der Waals surface area (Å²) in [7, 11) is 0. The van der Waals surface area contributed by atoms with Crippen molar-refractivity contribution in [2.45, 2.75) is 18.2 Å². The molecule has 2 aromatic rings. The van der Waals surface area contributed by atoms with E-state index in [0.717, 1.165) is 5.76 Å². The van der Waals surface area contributed by atoms with Crippen LogP contribution < -0.4 is 0 Å². The predicted molar refractivity (Wildman–Crippen MR) is 69.3 cm³/mol. The SMILES string of the molecule is Cc1ccccc1SCC(=O)Cc1ccco1. The van der Waals surface area contributed by atoms with Gasteiger partial charge in [0, 0.05) is 4.90 Å². The highest BCUT2D eigenvalue weighted by molar-refractivity contribution is 8.00. The highest BCUT2D eigenvalue weighted by Crippen LogP contribution is 2.22. The summed E-state index contributed by atoms with van der Waals surface area (Å²) in [5.41, 5.74) is 1.21. The van der Waals surface area contributed by atoms with Crippen LogP contribution in [0.15, 0.2) is 52.0 Å². The molecule has 1 aromatic carbocycles. The largest absolute Gasteiger partial charge is 0.469 e. The number of aryl methyl sites for hydroxylation is 1. The maximum atomic E-state index is 11.7. The topological polar surface area (TPSA) is 30.2 Å². The molecule has 2 nitrogen and oxygen atoms in total. The third kappa shape index (κ3) is 3.49. The molecule has 0 radical (unpaired) electrons. The molecule has 0 fully saturated rings. The lowest BCUT2D eigenvalue weighted by atomic mass is 10.2. The van der Waals surface area contributed by atoms with Gasteiger partial charge in [0.25, 0.3) is 0 Å². The number of hydrogen-bond donors (Lipinski definition) is 0. The van der Waals surface area contributed by atoms with E-state index >= 15 is 0 Å². The molecule has 1 heterocycles. The summed E-state index contributed by atoms with van der Waals surface area (Å²) in [6.45, 7) is 2.05. The number of rotatable bonds is 5. The first-order valence-corrected chi connectivity index (χ1v) is 6.47. The number of furan rings is 1. The average molecular weight is 246 g/mol. The molecule has 0 saturated heterocycles. The quantitative estimate of drug-likeness (QED) is 0.756. The molecule has 2 rings (SSSR count). The van der Waals surface area contributed by atoms with Gasteiger partial charge in [-0.1, -0.05) is 18.2 Å². The Morgan fingerprint density at radius 3 is 2.76 bits per heavy atom. The standard InChI is InChI=1S/C14H14O2S/c1-11-5-2-3-7-14(11)17-10-12(15)9-13-6-4-8-16-13/h2-8H,9-10H2,1H3. The summed E-state index contributed by atoms with van der Waals surface area (Å²) in [5.74, 6) is 1.42. The Hall–Kier alpha value is -1.48. The van der Waals surface area contributed by atoms with Crippen LogP contribution in [0.5, 0.6) is 0 Å². The van der Waals surface area contributed by atoms with Gasteiger partial charge in [-0.15, -0.1) is 11.8 Å². The van der Waals surface area contributed by atoms with Gasteiger partial charge in [-0.3, -0.25) is 4.79 Å². The van der Waals surface area contributed by atoms with E-state index in [9.17, 15) is 4.79 Å². The zero-order valence-electron chi connectivity index (χ0n) is 9.68. The van der Waals surface area contributed by atoms with Gasteiger partial charge >= 0.3 is 0 Å². The number of carbonyl (C=O) groups excluding carboxylic acids is 1. The molecule has 0 amide bonds. The molecule has 17 heavy (non-hydrogen) atoms. The van der Waals surface area contributed by atoms with Crippen LogP contribution in [-0.4, -0.2) is 11.5 Å². The summed E-state index contributed by atoms with van der Waals surface area (Å²) in [4.78, 5) is 12.9. The smallest absolute Gasteiger partial charge is 0.150 e. The first-order valence-electron chi connectivity index (χ1n) is 5.48. The molecule has 88 valence electrons. The van der Waals surface area contributed by atoms with Crippen molar-refractivity contribution in [1.82, 2.24) is 0 Å². The number of ketones is 1. The molecule has 0 aliphatic heterocycles. The molecule has 0 N–H and O–H groups in total. The second-order valence-electron chi connectivity index (χ2n) is 3.85. The van der Waals surface area contributed by atoms with Gasteiger partial charge in [0.05, 0.1) is 18.4 Å². The van der Waals surface area contributed by atoms with Gasteiger partial charge in [0.15, 0.2) is 5.78 Å². The van der Waals surface area contributed by atoms with E-state index in [1.807, 2.05) is 24.3 Å². The van der Waals surface area contributed by atoms with Gasteiger partial charge in [-0.25, -0.2) is 0 Å². The first kappa shape index (κ1) is 12.0. The van der Waals surface area contributed by atoms with Crippen molar-refractivity contribution < 1.29 is 9.21 Å². The van der Waals surface area contributed by atoms with Crippen molar-refractivity contribution in [3.63, 3.8) is 0 Å². The zero-order chi connectivity index (χ0) is 12.1. The van der Waals surface area contributed by atoms with Crippen molar-refractivity contribution in [1.29, 1.82) is 0 Å². The van der Waals surface area contributed by atoms with Crippen LogP contribution >= 0.6 is 11.8 Å². The fourth-order valence-electron chi connectivity index (χ4n) is 1.54. The van der Waals surface area contributed by atoms with Gasteiger partial charge in [-0.05, 0) is 30.7 Å². The van der Waals surface area contributed by atoms with E-state index in [2.05, 4.69) is 13.0 Å². The number of Topliss-reactive ketones (excluding diaryl/α,β-unsaturated/α-hetero) is 1. The van der Waals surface area contributed by atoms with E-state index in [-0.39, 0.29) is 5.78 Å². The van der Waals surface area contributed by atoms with Crippen molar-refractivity contribution in [3.8, 4) is 0 Å². The third-order valence-corrected chi connectivity index (χ3v) is 3.67. The minimum atomic E-state index is 0.188. The van der Waals surface area contributed by atoms with Crippen LogP contribution in [0.3, 0.4) is 0 Å². The Balaban J connectivity index is 1.86. The second-order valence-corrected chi connectivity index (χ2v) is 4.87. The minimum absolute atomic E-state index is 0.188. The van der Waals surface area contributed by atoms with Gasteiger partial charge in [-0.2, -0.15) is 0 Å². The van der Waals surface area contributed by atoms with E-state index in [1.54, 1.807) is 24.1 Å². The van der Waals surface area contributed by atoms with E-state index in [1.165, 1.54) is 10.5 Å². The molecule has 0 bridgehead atoms. The Labute approximate surface area is 105 Å². The summed E-state index contributed by atoms with van der Waals surface area (Å²) < 4.78 is 5.15. The Morgan fingerprint density at radius 1 is 1.24 bits per heavy atom. The molecule has 0 spiro atoms. The molecule has 0 unspecified atom stereocenters. The molecule has 3 heteroatoms. The molecule has 0 atom stereocenters. The summed E-state index contributed by atoms with van der Waals surface area (Å²) in [6.07, 6.45) is 1.98. The monoisotopic (exact) mass is 246 g/mol. The van der Waals surface area contributed by atoms with Crippen LogP contribution in [-0.2, 0) is 11.2 Å².